The minimum Gasteiger partial charge on any atom is -0.322 e. The SMILES string of the molecule is CN(Cc1ccc(F)cc1)Cc1ccc(C(=O)Nc2ccccc2)cc1. The Kier molecular flexibility index (Phi) is 5.77. The van der Waals surface area contributed by atoms with Crippen LogP contribution in [0.3, 0.4) is 0 Å². The highest BCUT2D eigenvalue weighted by atomic mass is 19.1. The number of benzene rings is 3. The van der Waals surface area contributed by atoms with Crippen LogP contribution in [0.5, 0.6) is 0 Å². The van der Waals surface area contributed by atoms with Crippen LogP contribution < -0.4 is 5.32 Å². The van der Waals surface area contributed by atoms with Crippen LogP contribution in [0.2, 0.25) is 0 Å². The smallest absolute Gasteiger partial charge is 0.255 e. The number of amides is 1. The minimum atomic E-state index is -0.222. The first kappa shape index (κ1) is 17.8. The van der Waals surface area contributed by atoms with E-state index in [-0.39, 0.29) is 11.7 Å². The molecule has 0 aliphatic rings. The maximum atomic E-state index is 13.0. The molecule has 1 N–H and O–H groups in total. The summed E-state index contributed by atoms with van der Waals surface area (Å²) in [5.74, 6) is -0.344. The highest BCUT2D eigenvalue weighted by molar-refractivity contribution is 6.04. The van der Waals surface area contributed by atoms with Crippen molar-refractivity contribution in [3.63, 3.8) is 0 Å². The molecule has 0 saturated carbocycles. The van der Waals surface area contributed by atoms with E-state index >= 15 is 0 Å². The predicted molar refractivity (Wildman–Crippen MR) is 102 cm³/mol. The van der Waals surface area contributed by atoms with Gasteiger partial charge >= 0.3 is 0 Å². The van der Waals surface area contributed by atoms with Crippen molar-refractivity contribution in [2.75, 3.05) is 12.4 Å². The fourth-order valence-corrected chi connectivity index (χ4v) is 2.76. The Balaban J connectivity index is 1.56. The first-order chi connectivity index (χ1) is 12.6. The number of carbonyl (C=O) groups excluding carboxylic acids is 1. The van der Waals surface area contributed by atoms with Gasteiger partial charge < -0.3 is 5.32 Å². The van der Waals surface area contributed by atoms with Gasteiger partial charge in [-0.3, -0.25) is 9.69 Å². The third-order valence-electron chi connectivity index (χ3n) is 4.07. The molecule has 3 nitrogen and oxygen atoms in total. The molecule has 0 radical (unpaired) electrons. The predicted octanol–water partition coefficient (Wildman–Crippen LogP) is 4.71. The van der Waals surface area contributed by atoms with E-state index in [1.165, 1.54) is 12.1 Å². The molecule has 0 fully saturated rings. The van der Waals surface area contributed by atoms with Crippen LogP contribution in [0.25, 0.3) is 0 Å². The lowest BCUT2D eigenvalue weighted by atomic mass is 10.1. The second-order valence-electron chi connectivity index (χ2n) is 6.32. The lowest BCUT2D eigenvalue weighted by molar-refractivity contribution is 0.102. The fourth-order valence-electron chi connectivity index (χ4n) is 2.76. The van der Waals surface area contributed by atoms with E-state index in [4.69, 9.17) is 0 Å². The number of nitrogens with one attached hydrogen (secondary N) is 1. The van der Waals surface area contributed by atoms with Crippen molar-refractivity contribution >= 4 is 11.6 Å². The Morgan fingerprint density at radius 1 is 0.846 bits per heavy atom. The average Bonchev–Trinajstić information content (AvgIpc) is 2.65. The van der Waals surface area contributed by atoms with Gasteiger partial charge in [-0.1, -0.05) is 42.5 Å². The van der Waals surface area contributed by atoms with Crippen LogP contribution in [-0.2, 0) is 13.1 Å². The number of hydrogen-bond donors (Lipinski definition) is 1. The van der Waals surface area contributed by atoms with Gasteiger partial charge in [-0.25, -0.2) is 4.39 Å². The molecule has 0 aliphatic carbocycles. The van der Waals surface area contributed by atoms with Gasteiger partial charge in [0, 0.05) is 24.3 Å². The van der Waals surface area contributed by atoms with Crippen molar-refractivity contribution in [3.05, 3.63) is 101 Å². The third kappa shape index (κ3) is 5.01. The first-order valence-electron chi connectivity index (χ1n) is 8.48. The zero-order chi connectivity index (χ0) is 18.4. The molecule has 0 saturated heterocycles. The van der Waals surface area contributed by atoms with Crippen LogP contribution in [0, 0.1) is 5.82 Å². The van der Waals surface area contributed by atoms with Gasteiger partial charge in [0.15, 0.2) is 0 Å². The molecular formula is C22H21FN2O. The lowest BCUT2D eigenvalue weighted by Gasteiger charge is -2.17. The van der Waals surface area contributed by atoms with Crippen molar-refractivity contribution in [3.8, 4) is 0 Å². The maximum absolute atomic E-state index is 13.0. The molecular weight excluding hydrogens is 327 g/mol. The Labute approximate surface area is 153 Å². The normalized spacial score (nSPS) is 10.7. The van der Waals surface area contributed by atoms with Crippen LogP contribution in [-0.4, -0.2) is 17.9 Å². The zero-order valence-electron chi connectivity index (χ0n) is 14.7. The Bertz CT molecular complexity index is 846. The summed E-state index contributed by atoms with van der Waals surface area (Å²) in [6.45, 7) is 1.48. The quantitative estimate of drug-likeness (QED) is 0.700. The van der Waals surface area contributed by atoms with E-state index in [0.29, 0.717) is 5.56 Å². The molecule has 0 aromatic heterocycles. The molecule has 0 heterocycles. The molecule has 0 atom stereocenters. The second kappa shape index (κ2) is 8.41. The summed E-state index contributed by atoms with van der Waals surface area (Å²) in [5, 5.41) is 2.88. The van der Waals surface area contributed by atoms with E-state index < -0.39 is 0 Å². The molecule has 0 unspecified atom stereocenters. The van der Waals surface area contributed by atoms with Crippen LogP contribution in [0.1, 0.15) is 21.5 Å². The lowest BCUT2D eigenvalue weighted by Crippen LogP contribution is -2.17. The van der Waals surface area contributed by atoms with Gasteiger partial charge in [-0.2, -0.15) is 0 Å². The number of hydrogen-bond acceptors (Lipinski definition) is 2. The number of carbonyl (C=O) groups is 1. The zero-order valence-corrected chi connectivity index (χ0v) is 14.7. The van der Waals surface area contributed by atoms with E-state index in [0.717, 1.165) is 29.9 Å². The molecule has 0 aliphatic heterocycles. The third-order valence-corrected chi connectivity index (χ3v) is 4.07. The van der Waals surface area contributed by atoms with Crippen molar-refractivity contribution in [1.82, 2.24) is 4.90 Å². The highest BCUT2D eigenvalue weighted by Crippen LogP contribution is 2.12. The Hall–Kier alpha value is -2.98. The van der Waals surface area contributed by atoms with Crippen molar-refractivity contribution in [1.29, 1.82) is 0 Å². The molecule has 0 bridgehead atoms. The van der Waals surface area contributed by atoms with Crippen molar-refractivity contribution in [2.24, 2.45) is 0 Å². The van der Waals surface area contributed by atoms with Crippen molar-refractivity contribution < 1.29 is 9.18 Å². The van der Waals surface area contributed by atoms with Crippen LogP contribution in [0.4, 0.5) is 10.1 Å². The van der Waals surface area contributed by atoms with E-state index in [1.54, 1.807) is 12.1 Å². The largest absolute Gasteiger partial charge is 0.322 e. The van der Waals surface area contributed by atoms with Crippen LogP contribution in [0.15, 0.2) is 78.9 Å². The maximum Gasteiger partial charge on any atom is 0.255 e. The minimum absolute atomic E-state index is 0.123. The van der Waals surface area contributed by atoms with Gasteiger partial charge in [0.25, 0.3) is 5.91 Å². The van der Waals surface area contributed by atoms with Gasteiger partial charge in [0.2, 0.25) is 0 Å². The number of para-hydroxylation sites is 1. The number of nitrogens with zero attached hydrogens (tertiary/aromatic N) is 1. The average molecular weight is 348 g/mol. The Morgan fingerprint density at radius 3 is 1.96 bits per heavy atom. The summed E-state index contributed by atoms with van der Waals surface area (Å²) in [4.78, 5) is 14.4. The number of rotatable bonds is 6. The monoisotopic (exact) mass is 348 g/mol. The summed E-state index contributed by atoms with van der Waals surface area (Å²) in [6, 6.07) is 23.5. The summed E-state index contributed by atoms with van der Waals surface area (Å²) in [7, 11) is 2.01. The summed E-state index contributed by atoms with van der Waals surface area (Å²) >= 11 is 0. The first-order valence-corrected chi connectivity index (χ1v) is 8.48. The summed E-state index contributed by atoms with van der Waals surface area (Å²) in [6.07, 6.45) is 0. The number of anilines is 1. The van der Waals surface area contributed by atoms with E-state index in [2.05, 4.69) is 10.2 Å². The van der Waals surface area contributed by atoms with Gasteiger partial charge in [-0.05, 0) is 54.6 Å². The van der Waals surface area contributed by atoms with E-state index in [1.807, 2.05) is 61.6 Å². The highest BCUT2D eigenvalue weighted by Gasteiger charge is 2.07. The summed E-state index contributed by atoms with van der Waals surface area (Å²) in [5.41, 5.74) is 3.58. The van der Waals surface area contributed by atoms with Gasteiger partial charge in [0.05, 0.1) is 0 Å². The number of halogens is 1. The van der Waals surface area contributed by atoms with Gasteiger partial charge in [-0.15, -0.1) is 0 Å². The molecule has 3 rings (SSSR count). The van der Waals surface area contributed by atoms with Crippen LogP contribution >= 0.6 is 0 Å². The molecule has 4 heteroatoms. The van der Waals surface area contributed by atoms with Crippen molar-refractivity contribution in [2.45, 2.75) is 13.1 Å². The standard InChI is InChI=1S/C22H21FN2O/c1-25(16-18-9-13-20(23)14-10-18)15-17-7-11-19(12-8-17)22(26)24-21-5-3-2-4-6-21/h2-14H,15-16H2,1H3,(H,24,26). The topological polar surface area (TPSA) is 32.3 Å². The molecule has 3 aromatic rings. The molecule has 132 valence electrons. The second-order valence-corrected chi connectivity index (χ2v) is 6.32. The molecule has 3 aromatic carbocycles. The Morgan fingerprint density at radius 2 is 1.38 bits per heavy atom. The fraction of sp³-hybridized carbons (Fsp3) is 0.136. The molecule has 1 amide bonds. The molecule has 0 spiro atoms. The molecule has 26 heavy (non-hydrogen) atoms. The van der Waals surface area contributed by atoms with Gasteiger partial charge in [0.1, 0.15) is 5.82 Å². The summed E-state index contributed by atoms with van der Waals surface area (Å²) < 4.78 is 13.0. The van der Waals surface area contributed by atoms with E-state index in [9.17, 15) is 9.18 Å².